The second-order valence-corrected chi connectivity index (χ2v) is 19.7. The highest BCUT2D eigenvalue weighted by molar-refractivity contribution is 5.76. The Morgan fingerprint density at radius 2 is 0.941 bits per heavy atom. The van der Waals surface area contributed by atoms with Crippen molar-refractivity contribution in [2.45, 2.75) is 293 Å². The van der Waals surface area contributed by atoms with E-state index < -0.39 is 86.8 Å². The molecule has 9 N–H and O–H groups in total. The molecule has 68 heavy (non-hydrogen) atoms. The fourth-order valence-electron chi connectivity index (χ4n) is 9.13. The average Bonchev–Trinajstić information content (AvgIpc) is 3.34. The van der Waals surface area contributed by atoms with Crippen molar-refractivity contribution in [1.29, 1.82) is 0 Å². The summed E-state index contributed by atoms with van der Waals surface area (Å²) in [5.41, 5.74) is 0. The standard InChI is InChI=1S/C54H101NO13/c1-3-5-7-9-11-13-15-16-17-18-19-20-21-22-23-24-25-26-28-30-32-34-36-38-46(59)55-42(43(58)37-35-33-31-29-27-14-12-10-8-6-4-2)41-65-53-51(64)49(62)52(45(40-57)67-53)68-54-50(63)48(61)47(60)44(39-56)66-54/h27,29,35,37,42-45,47-54,56-58,60-64H,3-26,28,30-34,36,38-41H2,1-2H3,(H,55,59)/b29-27+,37-35+. The van der Waals surface area contributed by atoms with Gasteiger partial charge in [0, 0.05) is 6.42 Å². The van der Waals surface area contributed by atoms with Gasteiger partial charge in [-0.15, -0.1) is 0 Å². The number of hydrogen-bond acceptors (Lipinski definition) is 13. The molecule has 0 radical (unpaired) electrons. The second kappa shape index (κ2) is 41.0. The summed E-state index contributed by atoms with van der Waals surface area (Å²) in [6.45, 7) is 2.76. The molecule has 0 aromatic rings. The Morgan fingerprint density at radius 1 is 0.515 bits per heavy atom. The monoisotopic (exact) mass is 972 g/mol. The van der Waals surface area contributed by atoms with Crippen LogP contribution in [0.1, 0.15) is 219 Å². The summed E-state index contributed by atoms with van der Waals surface area (Å²) in [6, 6.07) is -0.925. The first-order valence-electron chi connectivity index (χ1n) is 27.6. The molecule has 0 bridgehead atoms. The number of carbonyl (C=O) groups is 1. The Bertz CT molecular complexity index is 1240. The maximum absolute atomic E-state index is 13.2. The predicted octanol–water partition coefficient (Wildman–Crippen LogP) is 8.11. The van der Waals surface area contributed by atoms with E-state index in [1.807, 2.05) is 6.08 Å². The normalized spacial score (nSPS) is 26.5. The van der Waals surface area contributed by atoms with E-state index in [9.17, 15) is 45.6 Å². The zero-order valence-electron chi connectivity index (χ0n) is 42.6. The molecule has 2 fully saturated rings. The zero-order chi connectivity index (χ0) is 49.6. The van der Waals surface area contributed by atoms with Crippen molar-refractivity contribution in [3.05, 3.63) is 24.3 Å². The number of rotatable bonds is 43. The Kier molecular flexibility index (Phi) is 37.7. The highest BCUT2D eigenvalue weighted by Crippen LogP contribution is 2.30. The molecule has 2 rings (SSSR count). The lowest BCUT2D eigenvalue weighted by molar-refractivity contribution is -0.359. The summed E-state index contributed by atoms with van der Waals surface area (Å²) in [5.74, 6) is -0.247. The van der Waals surface area contributed by atoms with Crippen molar-refractivity contribution in [3.63, 3.8) is 0 Å². The van der Waals surface area contributed by atoms with Crippen LogP contribution < -0.4 is 5.32 Å². The summed E-state index contributed by atoms with van der Waals surface area (Å²) in [7, 11) is 0. The third kappa shape index (κ3) is 27.3. The van der Waals surface area contributed by atoms with Gasteiger partial charge in [-0.05, 0) is 32.1 Å². The first kappa shape index (κ1) is 62.6. The first-order chi connectivity index (χ1) is 33.1. The number of ether oxygens (including phenoxy) is 4. The molecule has 12 atom stereocenters. The Morgan fingerprint density at radius 3 is 1.44 bits per heavy atom. The number of aliphatic hydroxyl groups excluding tert-OH is 8. The summed E-state index contributed by atoms with van der Waals surface area (Å²) in [5, 5.41) is 86.7. The summed E-state index contributed by atoms with van der Waals surface area (Å²) in [4.78, 5) is 13.2. The van der Waals surface area contributed by atoms with Crippen molar-refractivity contribution in [3.8, 4) is 0 Å². The highest BCUT2D eigenvalue weighted by Gasteiger charge is 2.51. The molecule has 12 unspecified atom stereocenters. The molecule has 400 valence electrons. The van der Waals surface area contributed by atoms with Crippen molar-refractivity contribution >= 4 is 5.91 Å². The summed E-state index contributed by atoms with van der Waals surface area (Å²) >= 11 is 0. The van der Waals surface area contributed by atoms with Crippen LogP contribution in [-0.2, 0) is 23.7 Å². The summed E-state index contributed by atoms with van der Waals surface area (Å²) in [6.07, 6.45) is 29.5. The minimum atomic E-state index is -1.79. The van der Waals surface area contributed by atoms with Crippen LogP contribution in [0.15, 0.2) is 24.3 Å². The van der Waals surface area contributed by atoms with Crippen LogP contribution in [0.25, 0.3) is 0 Å². The first-order valence-corrected chi connectivity index (χ1v) is 27.6. The molecular weight excluding hydrogens is 871 g/mol. The molecule has 1 amide bonds. The molecule has 0 aliphatic carbocycles. The molecule has 0 aromatic carbocycles. The van der Waals surface area contributed by atoms with E-state index in [0.717, 1.165) is 32.1 Å². The number of amides is 1. The third-order valence-electron chi connectivity index (χ3n) is 13.6. The van der Waals surface area contributed by atoms with E-state index in [4.69, 9.17) is 18.9 Å². The Balaban J connectivity index is 1.75. The fraction of sp³-hybridized carbons (Fsp3) is 0.907. The van der Waals surface area contributed by atoms with Gasteiger partial charge >= 0.3 is 0 Å². The Labute approximate surface area is 411 Å². The molecule has 14 heteroatoms. The van der Waals surface area contributed by atoms with E-state index in [2.05, 4.69) is 31.3 Å². The van der Waals surface area contributed by atoms with Crippen molar-refractivity contribution in [1.82, 2.24) is 5.32 Å². The van der Waals surface area contributed by atoms with Crippen LogP contribution in [0, 0.1) is 0 Å². The predicted molar refractivity (Wildman–Crippen MR) is 268 cm³/mol. The number of unbranched alkanes of at least 4 members (excludes halogenated alkanes) is 28. The highest BCUT2D eigenvalue weighted by atomic mass is 16.7. The van der Waals surface area contributed by atoms with Gasteiger partial charge < -0.3 is 65.1 Å². The van der Waals surface area contributed by atoms with Gasteiger partial charge in [-0.2, -0.15) is 0 Å². The minimum absolute atomic E-state index is 0.247. The minimum Gasteiger partial charge on any atom is -0.394 e. The van der Waals surface area contributed by atoms with Crippen LogP contribution >= 0.6 is 0 Å². The largest absolute Gasteiger partial charge is 0.394 e. The van der Waals surface area contributed by atoms with Gasteiger partial charge in [-0.25, -0.2) is 0 Å². The van der Waals surface area contributed by atoms with Gasteiger partial charge in [0.15, 0.2) is 12.6 Å². The smallest absolute Gasteiger partial charge is 0.220 e. The van der Waals surface area contributed by atoms with E-state index in [0.29, 0.717) is 12.8 Å². The number of aliphatic hydroxyl groups is 8. The molecule has 2 aliphatic heterocycles. The molecule has 2 heterocycles. The van der Waals surface area contributed by atoms with E-state index in [1.54, 1.807) is 6.08 Å². The molecule has 2 aliphatic rings. The number of nitrogens with one attached hydrogen (secondary N) is 1. The lowest BCUT2D eigenvalue weighted by Gasteiger charge is -2.46. The lowest BCUT2D eigenvalue weighted by atomic mass is 9.97. The van der Waals surface area contributed by atoms with Gasteiger partial charge in [0.1, 0.15) is 48.8 Å². The van der Waals surface area contributed by atoms with Crippen molar-refractivity contribution in [2.75, 3.05) is 19.8 Å². The lowest BCUT2D eigenvalue weighted by Crippen LogP contribution is -2.65. The molecule has 0 spiro atoms. The number of allylic oxidation sites excluding steroid dienone is 3. The molecular formula is C54H101NO13. The Hall–Kier alpha value is -1.53. The molecule has 0 aromatic heterocycles. The number of carbonyl (C=O) groups excluding carboxylic acids is 1. The maximum Gasteiger partial charge on any atom is 0.220 e. The quantitative estimate of drug-likeness (QED) is 0.0208. The molecule has 0 saturated carbocycles. The molecule has 14 nitrogen and oxygen atoms in total. The van der Waals surface area contributed by atoms with Crippen LogP contribution in [0.2, 0.25) is 0 Å². The van der Waals surface area contributed by atoms with Gasteiger partial charge in [-0.1, -0.05) is 205 Å². The van der Waals surface area contributed by atoms with Gasteiger partial charge in [-0.3, -0.25) is 4.79 Å². The van der Waals surface area contributed by atoms with Crippen LogP contribution in [0.5, 0.6) is 0 Å². The zero-order valence-corrected chi connectivity index (χ0v) is 42.6. The molecule has 2 saturated heterocycles. The number of hydrogen-bond donors (Lipinski definition) is 9. The van der Waals surface area contributed by atoms with Crippen molar-refractivity contribution < 1.29 is 64.6 Å². The van der Waals surface area contributed by atoms with Gasteiger partial charge in [0.05, 0.1) is 32.0 Å². The second-order valence-electron chi connectivity index (χ2n) is 19.7. The van der Waals surface area contributed by atoms with E-state index in [-0.39, 0.29) is 18.9 Å². The van der Waals surface area contributed by atoms with Crippen molar-refractivity contribution in [2.24, 2.45) is 0 Å². The van der Waals surface area contributed by atoms with E-state index >= 15 is 0 Å². The summed E-state index contributed by atoms with van der Waals surface area (Å²) < 4.78 is 22.7. The van der Waals surface area contributed by atoms with Crippen LogP contribution in [-0.4, -0.2) is 140 Å². The van der Waals surface area contributed by atoms with E-state index in [1.165, 1.54) is 154 Å². The third-order valence-corrected chi connectivity index (χ3v) is 13.6. The van der Waals surface area contributed by atoms with Gasteiger partial charge in [0.2, 0.25) is 5.91 Å². The topological polar surface area (TPSA) is 228 Å². The van der Waals surface area contributed by atoms with Crippen LogP contribution in [0.4, 0.5) is 0 Å². The SMILES string of the molecule is CCCCCCC/C=C/CC/C=C/C(O)C(COC1OC(CO)C(OC2OC(CO)C(O)C(O)C2O)C(O)C1O)NC(=O)CCCCCCCCCCCCCCCCCCCCCCCCC. The van der Waals surface area contributed by atoms with Gasteiger partial charge in [0.25, 0.3) is 0 Å². The van der Waals surface area contributed by atoms with Crippen LogP contribution in [0.3, 0.4) is 0 Å². The maximum atomic E-state index is 13.2. The average molecular weight is 972 g/mol. The fourth-order valence-corrected chi connectivity index (χ4v) is 9.13.